The molecular formula is C17H25N3O2S. The molecule has 3 rings (SSSR count). The van der Waals surface area contributed by atoms with Crippen molar-refractivity contribution in [3.05, 3.63) is 40.2 Å². The predicted molar refractivity (Wildman–Crippen MR) is 91.7 cm³/mol. The van der Waals surface area contributed by atoms with Crippen molar-refractivity contribution in [2.75, 3.05) is 39.9 Å². The minimum absolute atomic E-state index is 0.407. The molecule has 1 fully saturated rings. The molecule has 3 heterocycles. The summed E-state index contributed by atoms with van der Waals surface area (Å²) in [5.74, 6) is 1.76. The first-order valence-corrected chi connectivity index (χ1v) is 9.11. The molecule has 1 atom stereocenters. The fourth-order valence-electron chi connectivity index (χ4n) is 2.93. The molecule has 0 aliphatic carbocycles. The second kappa shape index (κ2) is 8.06. The molecule has 6 heteroatoms. The van der Waals surface area contributed by atoms with Crippen LogP contribution in [-0.2, 0) is 17.7 Å². The summed E-state index contributed by atoms with van der Waals surface area (Å²) in [4.78, 5) is 10.6. The molecule has 0 amide bonds. The Morgan fingerprint density at radius 3 is 2.87 bits per heavy atom. The number of likely N-dealkylation sites (N-methyl/N-ethyl adjacent to an activating group) is 1. The van der Waals surface area contributed by atoms with E-state index >= 15 is 0 Å². The van der Waals surface area contributed by atoms with Crippen molar-refractivity contribution in [3.8, 4) is 0 Å². The number of rotatable bonds is 7. The van der Waals surface area contributed by atoms with Gasteiger partial charge in [0, 0.05) is 30.9 Å². The third kappa shape index (κ3) is 4.41. The standard InChI is InChI=1S/C17H25N3O2S/c1-3-14-11-18-17(22-14)13-19(2)12-15(16-5-4-10-23-16)20-6-8-21-9-7-20/h4-5,10-11,15H,3,6-9,12-13H2,1-2H3/t15-/m0/s1. The van der Waals surface area contributed by atoms with Gasteiger partial charge in [-0.1, -0.05) is 13.0 Å². The topological polar surface area (TPSA) is 41.7 Å². The second-order valence-electron chi connectivity index (χ2n) is 5.95. The van der Waals surface area contributed by atoms with E-state index in [2.05, 4.69) is 46.3 Å². The van der Waals surface area contributed by atoms with Gasteiger partial charge in [0.05, 0.1) is 32.0 Å². The lowest BCUT2D eigenvalue weighted by Crippen LogP contribution is -2.42. The number of aromatic nitrogens is 1. The molecule has 5 nitrogen and oxygen atoms in total. The Bertz CT molecular complexity index is 578. The molecule has 2 aromatic heterocycles. The Labute approximate surface area is 141 Å². The number of morpholine rings is 1. The van der Waals surface area contributed by atoms with Gasteiger partial charge in [-0.05, 0) is 18.5 Å². The highest BCUT2D eigenvalue weighted by atomic mass is 32.1. The number of thiophene rings is 1. The molecule has 0 spiro atoms. The molecular weight excluding hydrogens is 310 g/mol. The van der Waals surface area contributed by atoms with Crippen molar-refractivity contribution >= 4 is 11.3 Å². The zero-order chi connectivity index (χ0) is 16.1. The normalized spacial score (nSPS) is 17.7. The Morgan fingerprint density at radius 1 is 1.39 bits per heavy atom. The summed E-state index contributed by atoms with van der Waals surface area (Å²) in [6, 6.07) is 4.78. The molecule has 1 aliphatic heterocycles. The third-order valence-electron chi connectivity index (χ3n) is 4.20. The summed E-state index contributed by atoms with van der Waals surface area (Å²) in [7, 11) is 2.14. The molecule has 1 saturated heterocycles. The number of aryl methyl sites for hydroxylation is 1. The van der Waals surface area contributed by atoms with Gasteiger partial charge >= 0.3 is 0 Å². The average molecular weight is 335 g/mol. The number of hydrogen-bond acceptors (Lipinski definition) is 6. The summed E-state index contributed by atoms with van der Waals surface area (Å²) < 4.78 is 11.2. The number of hydrogen-bond donors (Lipinski definition) is 0. The lowest BCUT2D eigenvalue weighted by atomic mass is 10.1. The van der Waals surface area contributed by atoms with E-state index in [-0.39, 0.29) is 0 Å². The van der Waals surface area contributed by atoms with E-state index in [1.54, 1.807) is 0 Å². The fourth-order valence-corrected chi connectivity index (χ4v) is 3.78. The second-order valence-corrected chi connectivity index (χ2v) is 6.93. The molecule has 0 radical (unpaired) electrons. The molecule has 2 aromatic rings. The highest BCUT2D eigenvalue weighted by Crippen LogP contribution is 2.27. The van der Waals surface area contributed by atoms with Crippen LogP contribution >= 0.6 is 11.3 Å². The van der Waals surface area contributed by atoms with Crippen LogP contribution in [-0.4, -0.2) is 54.7 Å². The minimum atomic E-state index is 0.407. The van der Waals surface area contributed by atoms with Gasteiger partial charge in [0.2, 0.25) is 5.89 Å². The Kier molecular flexibility index (Phi) is 5.83. The van der Waals surface area contributed by atoms with Crippen molar-refractivity contribution in [1.82, 2.24) is 14.8 Å². The Hall–Kier alpha value is -1.21. The zero-order valence-corrected chi connectivity index (χ0v) is 14.7. The van der Waals surface area contributed by atoms with Crippen LogP contribution in [0, 0.1) is 0 Å². The highest BCUT2D eigenvalue weighted by molar-refractivity contribution is 7.10. The smallest absolute Gasteiger partial charge is 0.208 e. The van der Waals surface area contributed by atoms with Crippen LogP contribution < -0.4 is 0 Å². The summed E-state index contributed by atoms with van der Waals surface area (Å²) in [6.07, 6.45) is 2.73. The summed E-state index contributed by atoms with van der Waals surface area (Å²) >= 11 is 1.83. The first-order chi connectivity index (χ1) is 11.3. The molecule has 126 valence electrons. The maximum Gasteiger partial charge on any atom is 0.208 e. The number of ether oxygens (including phenoxy) is 1. The predicted octanol–water partition coefficient (Wildman–Crippen LogP) is 2.80. The van der Waals surface area contributed by atoms with Crippen LogP contribution in [0.5, 0.6) is 0 Å². The summed E-state index contributed by atoms with van der Waals surface area (Å²) in [5.41, 5.74) is 0. The SMILES string of the molecule is CCc1cnc(CN(C)C[C@@H](c2cccs2)N2CCOCC2)o1. The molecule has 0 N–H and O–H groups in total. The van der Waals surface area contributed by atoms with Crippen LogP contribution in [0.3, 0.4) is 0 Å². The molecule has 0 unspecified atom stereocenters. The number of nitrogens with zero attached hydrogens (tertiary/aromatic N) is 3. The van der Waals surface area contributed by atoms with Crippen molar-refractivity contribution in [1.29, 1.82) is 0 Å². The van der Waals surface area contributed by atoms with E-state index in [1.165, 1.54) is 4.88 Å². The maximum absolute atomic E-state index is 5.74. The summed E-state index contributed by atoms with van der Waals surface area (Å²) in [6.45, 7) is 7.43. The van der Waals surface area contributed by atoms with Crippen LogP contribution in [0.4, 0.5) is 0 Å². The van der Waals surface area contributed by atoms with E-state index < -0.39 is 0 Å². The average Bonchev–Trinajstić information content (AvgIpc) is 3.25. The third-order valence-corrected chi connectivity index (χ3v) is 5.17. The highest BCUT2D eigenvalue weighted by Gasteiger charge is 2.25. The molecule has 0 saturated carbocycles. The fraction of sp³-hybridized carbons (Fsp3) is 0.588. The first-order valence-electron chi connectivity index (χ1n) is 8.23. The molecule has 23 heavy (non-hydrogen) atoms. The molecule has 1 aliphatic rings. The van der Waals surface area contributed by atoms with Crippen LogP contribution in [0.15, 0.2) is 28.1 Å². The van der Waals surface area contributed by atoms with Crippen molar-refractivity contribution in [3.63, 3.8) is 0 Å². The maximum atomic E-state index is 5.74. The lowest BCUT2D eigenvalue weighted by Gasteiger charge is -2.36. The van der Waals surface area contributed by atoms with Gasteiger partial charge in [-0.3, -0.25) is 9.80 Å². The van der Waals surface area contributed by atoms with Gasteiger partial charge in [-0.15, -0.1) is 11.3 Å². The van der Waals surface area contributed by atoms with Gasteiger partial charge in [0.1, 0.15) is 5.76 Å². The van der Waals surface area contributed by atoms with Gasteiger partial charge in [0.15, 0.2) is 0 Å². The zero-order valence-electron chi connectivity index (χ0n) is 13.9. The first kappa shape index (κ1) is 16.6. The number of oxazole rings is 1. The van der Waals surface area contributed by atoms with E-state index in [0.29, 0.717) is 6.04 Å². The van der Waals surface area contributed by atoms with Gasteiger partial charge < -0.3 is 9.15 Å². The monoisotopic (exact) mass is 335 g/mol. The van der Waals surface area contributed by atoms with Crippen LogP contribution in [0.1, 0.15) is 29.5 Å². The Balaban J connectivity index is 1.65. The van der Waals surface area contributed by atoms with E-state index in [0.717, 1.165) is 57.5 Å². The minimum Gasteiger partial charge on any atom is -0.444 e. The van der Waals surface area contributed by atoms with E-state index in [9.17, 15) is 0 Å². The lowest BCUT2D eigenvalue weighted by molar-refractivity contribution is 0.00917. The van der Waals surface area contributed by atoms with Gasteiger partial charge in [-0.2, -0.15) is 0 Å². The van der Waals surface area contributed by atoms with Crippen LogP contribution in [0.2, 0.25) is 0 Å². The van der Waals surface area contributed by atoms with Gasteiger partial charge in [-0.25, -0.2) is 4.98 Å². The van der Waals surface area contributed by atoms with Crippen LogP contribution in [0.25, 0.3) is 0 Å². The molecule has 0 aromatic carbocycles. The van der Waals surface area contributed by atoms with E-state index in [4.69, 9.17) is 9.15 Å². The van der Waals surface area contributed by atoms with Crippen molar-refractivity contribution in [2.24, 2.45) is 0 Å². The van der Waals surface area contributed by atoms with Crippen molar-refractivity contribution < 1.29 is 9.15 Å². The van der Waals surface area contributed by atoms with Gasteiger partial charge in [0.25, 0.3) is 0 Å². The summed E-state index contributed by atoms with van der Waals surface area (Å²) in [5, 5.41) is 2.16. The molecule has 0 bridgehead atoms. The van der Waals surface area contributed by atoms with Crippen molar-refractivity contribution in [2.45, 2.75) is 25.9 Å². The Morgan fingerprint density at radius 2 is 2.22 bits per heavy atom. The largest absolute Gasteiger partial charge is 0.444 e. The van der Waals surface area contributed by atoms with E-state index in [1.807, 2.05) is 17.5 Å². The quantitative estimate of drug-likeness (QED) is 0.778.